The Kier molecular flexibility index (Phi) is 3.72. The molecule has 2 N–H and O–H groups in total. The number of nitrogens with two attached hydrogens (primary N) is 1. The molecule has 3 nitrogen and oxygen atoms in total. The molecule has 108 valence electrons. The number of rotatable bonds is 1. The zero-order chi connectivity index (χ0) is 15.0. The highest BCUT2D eigenvalue weighted by Gasteiger charge is 2.23. The standard InChI is InChI=1S/C17H17BrN2O/c1-11-4-5-16-12(7-11)3-2-6-20(16)17(21)13-8-14(18)10-15(19)9-13/h4-5,7-10H,2-3,6,19H2,1H3. The molecule has 0 unspecified atom stereocenters. The molecule has 0 saturated carbocycles. The van der Waals surface area contributed by atoms with Crippen LogP contribution in [0.15, 0.2) is 40.9 Å². The molecule has 2 aromatic carbocycles. The topological polar surface area (TPSA) is 46.3 Å². The highest BCUT2D eigenvalue weighted by Crippen LogP contribution is 2.30. The van der Waals surface area contributed by atoms with Gasteiger partial charge in [-0.15, -0.1) is 0 Å². The van der Waals surface area contributed by atoms with Crippen molar-refractivity contribution in [2.75, 3.05) is 17.2 Å². The molecule has 0 aromatic heterocycles. The fourth-order valence-corrected chi connectivity index (χ4v) is 3.34. The minimum Gasteiger partial charge on any atom is -0.399 e. The Bertz CT molecular complexity index is 692. The number of fused-ring (bicyclic) bond motifs is 1. The number of hydrogen-bond acceptors (Lipinski definition) is 2. The van der Waals surface area contributed by atoms with Crippen LogP contribution in [-0.4, -0.2) is 12.5 Å². The maximum atomic E-state index is 12.8. The summed E-state index contributed by atoms with van der Waals surface area (Å²) in [6.45, 7) is 2.83. The summed E-state index contributed by atoms with van der Waals surface area (Å²) in [4.78, 5) is 14.7. The molecule has 1 aliphatic rings. The number of halogens is 1. The van der Waals surface area contributed by atoms with Crippen molar-refractivity contribution in [2.45, 2.75) is 19.8 Å². The second kappa shape index (κ2) is 5.53. The van der Waals surface area contributed by atoms with Gasteiger partial charge in [0.2, 0.25) is 0 Å². The van der Waals surface area contributed by atoms with E-state index in [0.29, 0.717) is 11.3 Å². The van der Waals surface area contributed by atoms with Crippen LogP contribution in [0, 0.1) is 6.92 Å². The van der Waals surface area contributed by atoms with Gasteiger partial charge in [-0.2, -0.15) is 0 Å². The van der Waals surface area contributed by atoms with Crippen LogP contribution in [0.2, 0.25) is 0 Å². The molecule has 1 aliphatic heterocycles. The van der Waals surface area contributed by atoms with E-state index in [2.05, 4.69) is 35.0 Å². The summed E-state index contributed by atoms with van der Waals surface area (Å²) < 4.78 is 0.826. The van der Waals surface area contributed by atoms with Crippen LogP contribution >= 0.6 is 15.9 Å². The van der Waals surface area contributed by atoms with E-state index in [0.717, 1.165) is 29.5 Å². The lowest BCUT2D eigenvalue weighted by atomic mass is 9.99. The molecule has 0 spiro atoms. The smallest absolute Gasteiger partial charge is 0.258 e. The molecule has 4 heteroatoms. The van der Waals surface area contributed by atoms with E-state index < -0.39 is 0 Å². The highest BCUT2D eigenvalue weighted by molar-refractivity contribution is 9.10. The van der Waals surface area contributed by atoms with Crippen molar-refractivity contribution in [3.8, 4) is 0 Å². The fraction of sp³-hybridized carbons (Fsp3) is 0.235. The van der Waals surface area contributed by atoms with Gasteiger partial charge in [-0.1, -0.05) is 33.6 Å². The van der Waals surface area contributed by atoms with Gasteiger partial charge in [-0.25, -0.2) is 0 Å². The summed E-state index contributed by atoms with van der Waals surface area (Å²) in [5.74, 6) is 0.00723. The first-order chi connectivity index (χ1) is 10.0. The van der Waals surface area contributed by atoms with Crippen LogP contribution in [-0.2, 0) is 6.42 Å². The number of carbonyl (C=O) groups excluding carboxylic acids is 1. The van der Waals surface area contributed by atoms with Crippen LogP contribution in [0.25, 0.3) is 0 Å². The first-order valence-corrected chi connectivity index (χ1v) is 7.81. The van der Waals surface area contributed by atoms with Crippen LogP contribution in [0.3, 0.4) is 0 Å². The zero-order valence-electron chi connectivity index (χ0n) is 11.9. The number of nitrogens with zero attached hydrogens (tertiary/aromatic N) is 1. The van der Waals surface area contributed by atoms with Gasteiger partial charge in [-0.3, -0.25) is 4.79 Å². The van der Waals surface area contributed by atoms with Crippen molar-refractivity contribution in [1.82, 2.24) is 0 Å². The van der Waals surface area contributed by atoms with Crippen LogP contribution < -0.4 is 10.6 Å². The van der Waals surface area contributed by atoms with Crippen molar-refractivity contribution in [3.63, 3.8) is 0 Å². The van der Waals surface area contributed by atoms with Crippen LogP contribution in [0.5, 0.6) is 0 Å². The van der Waals surface area contributed by atoms with Gasteiger partial charge in [0.05, 0.1) is 0 Å². The van der Waals surface area contributed by atoms with E-state index in [-0.39, 0.29) is 5.91 Å². The molecule has 21 heavy (non-hydrogen) atoms. The van der Waals surface area contributed by atoms with E-state index >= 15 is 0 Å². The second-order valence-corrected chi connectivity index (χ2v) is 6.38. The molecule has 1 heterocycles. The summed E-state index contributed by atoms with van der Waals surface area (Å²) in [5, 5.41) is 0. The van der Waals surface area contributed by atoms with Crippen molar-refractivity contribution in [3.05, 3.63) is 57.6 Å². The predicted molar refractivity (Wildman–Crippen MR) is 89.7 cm³/mol. The van der Waals surface area contributed by atoms with Gasteiger partial charge in [0.1, 0.15) is 0 Å². The van der Waals surface area contributed by atoms with E-state index in [1.807, 2.05) is 17.0 Å². The van der Waals surface area contributed by atoms with E-state index in [9.17, 15) is 4.79 Å². The van der Waals surface area contributed by atoms with E-state index in [4.69, 9.17) is 5.73 Å². The summed E-state index contributed by atoms with van der Waals surface area (Å²) in [6.07, 6.45) is 2.02. The van der Waals surface area contributed by atoms with Gasteiger partial charge < -0.3 is 10.6 Å². The third-order valence-corrected chi connectivity index (χ3v) is 4.22. The number of amides is 1. The Morgan fingerprint density at radius 2 is 2.05 bits per heavy atom. The molecule has 0 aliphatic carbocycles. The number of anilines is 2. The summed E-state index contributed by atoms with van der Waals surface area (Å²) in [6, 6.07) is 11.6. The zero-order valence-corrected chi connectivity index (χ0v) is 13.5. The molecule has 0 atom stereocenters. The van der Waals surface area contributed by atoms with Crippen molar-refractivity contribution in [1.29, 1.82) is 0 Å². The monoisotopic (exact) mass is 344 g/mol. The van der Waals surface area contributed by atoms with Crippen molar-refractivity contribution in [2.24, 2.45) is 0 Å². The number of benzene rings is 2. The fourth-order valence-electron chi connectivity index (χ4n) is 2.83. The quantitative estimate of drug-likeness (QED) is 0.796. The third kappa shape index (κ3) is 2.81. The third-order valence-electron chi connectivity index (χ3n) is 3.77. The molecule has 1 amide bonds. The highest BCUT2D eigenvalue weighted by atomic mass is 79.9. The number of carbonyl (C=O) groups is 1. The van der Waals surface area contributed by atoms with Gasteiger partial charge >= 0.3 is 0 Å². The van der Waals surface area contributed by atoms with Gasteiger partial charge in [0, 0.05) is 28.0 Å². The summed E-state index contributed by atoms with van der Waals surface area (Å²) in [5.41, 5.74) is 10.6. The molecule has 0 fully saturated rings. The maximum Gasteiger partial charge on any atom is 0.258 e. The Labute approximate surface area is 132 Å². The van der Waals surface area contributed by atoms with Crippen LogP contribution in [0.1, 0.15) is 27.9 Å². The molecule has 0 radical (unpaired) electrons. The molecule has 0 bridgehead atoms. The first-order valence-electron chi connectivity index (χ1n) is 7.02. The van der Waals surface area contributed by atoms with Crippen molar-refractivity contribution >= 4 is 33.2 Å². The molecular weight excluding hydrogens is 328 g/mol. The average Bonchev–Trinajstić information content (AvgIpc) is 2.44. The number of hydrogen-bond donors (Lipinski definition) is 1. The Balaban J connectivity index is 2.00. The molecule has 3 rings (SSSR count). The number of nitrogen functional groups attached to an aromatic ring is 1. The summed E-state index contributed by atoms with van der Waals surface area (Å²) >= 11 is 3.40. The second-order valence-electron chi connectivity index (χ2n) is 5.47. The first kappa shape index (κ1) is 14.1. The lowest BCUT2D eigenvalue weighted by Gasteiger charge is -2.30. The minimum atomic E-state index is 0.00723. The molecule has 2 aromatic rings. The Hall–Kier alpha value is -1.81. The van der Waals surface area contributed by atoms with Gasteiger partial charge in [0.15, 0.2) is 0 Å². The van der Waals surface area contributed by atoms with Crippen LogP contribution in [0.4, 0.5) is 11.4 Å². The minimum absolute atomic E-state index is 0.00723. The van der Waals surface area contributed by atoms with Crippen molar-refractivity contribution < 1.29 is 4.79 Å². The normalized spacial score (nSPS) is 13.9. The molecular formula is C17H17BrN2O. The SMILES string of the molecule is Cc1ccc2c(c1)CCCN2C(=O)c1cc(N)cc(Br)c1. The number of aryl methyl sites for hydroxylation is 2. The largest absolute Gasteiger partial charge is 0.399 e. The maximum absolute atomic E-state index is 12.8. The average molecular weight is 345 g/mol. The van der Waals surface area contributed by atoms with Gasteiger partial charge in [0.25, 0.3) is 5.91 Å². The van der Waals surface area contributed by atoms with E-state index in [1.165, 1.54) is 11.1 Å². The lowest BCUT2D eigenvalue weighted by molar-refractivity contribution is 0.0985. The Morgan fingerprint density at radius 1 is 1.24 bits per heavy atom. The summed E-state index contributed by atoms with van der Waals surface area (Å²) in [7, 11) is 0. The van der Waals surface area contributed by atoms with E-state index in [1.54, 1.807) is 12.1 Å². The Morgan fingerprint density at radius 3 is 2.81 bits per heavy atom. The predicted octanol–water partition coefficient (Wildman–Crippen LogP) is 3.93. The lowest BCUT2D eigenvalue weighted by Crippen LogP contribution is -2.35. The van der Waals surface area contributed by atoms with Gasteiger partial charge in [-0.05, 0) is 49.6 Å². The molecule has 0 saturated heterocycles.